The molecular formula is C70H40B2N4S2Se2. The first kappa shape index (κ1) is 44.6. The van der Waals surface area contributed by atoms with Crippen LogP contribution >= 0.6 is 22.7 Å². The molecule has 11 aromatic carbocycles. The van der Waals surface area contributed by atoms with Gasteiger partial charge in [0, 0.05) is 0 Å². The van der Waals surface area contributed by atoms with Crippen molar-refractivity contribution in [1.29, 1.82) is 0 Å². The van der Waals surface area contributed by atoms with Crippen molar-refractivity contribution in [2.75, 3.05) is 19.6 Å². The fraction of sp³-hybridized carbons (Fsp3) is 0. The van der Waals surface area contributed by atoms with E-state index in [0.29, 0.717) is 0 Å². The predicted molar refractivity (Wildman–Crippen MR) is 349 cm³/mol. The third kappa shape index (κ3) is 5.92. The summed E-state index contributed by atoms with van der Waals surface area (Å²) >= 11 is 3.93. The maximum atomic E-state index is 2.75. The van der Waals surface area contributed by atoms with Crippen molar-refractivity contribution in [3.63, 3.8) is 0 Å². The van der Waals surface area contributed by atoms with Gasteiger partial charge in [0.05, 0.1) is 0 Å². The van der Waals surface area contributed by atoms with Crippen molar-refractivity contribution in [2.45, 2.75) is 0 Å². The van der Waals surface area contributed by atoms with Gasteiger partial charge < -0.3 is 0 Å². The van der Waals surface area contributed by atoms with Crippen LogP contribution < -0.4 is 50.1 Å². The van der Waals surface area contributed by atoms with E-state index in [9.17, 15) is 0 Å². The van der Waals surface area contributed by atoms with E-state index in [4.69, 9.17) is 0 Å². The molecular weight excluding hydrogens is 1140 g/mol. The molecule has 8 heterocycles. The summed E-state index contributed by atoms with van der Waals surface area (Å²) in [6.07, 6.45) is 0. The van der Waals surface area contributed by atoms with Crippen molar-refractivity contribution in [2.24, 2.45) is 0 Å². The number of para-hydroxylation sites is 4. The summed E-state index contributed by atoms with van der Waals surface area (Å²) in [5.74, 6) is 0. The summed E-state index contributed by atoms with van der Waals surface area (Å²) in [5, 5.41) is 8.02. The van der Waals surface area contributed by atoms with E-state index in [1.54, 1.807) is 0 Å². The molecule has 0 radical (unpaired) electrons. The Morgan fingerprint density at radius 1 is 0.287 bits per heavy atom. The van der Waals surface area contributed by atoms with Crippen LogP contribution in [-0.4, -0.2) is 42.4 Å². The number of hydrogen-bond acceptors (Lipinski definition) is 6. The Balaban J connectivity index is 1.00. The normalized spacial score (nSPS) is 13.8. The summed E-state index contributed by atoms with van der Waals surface area (Å²) in [6.45, 7) is -0.0201. The van der Waals surface area contributed by atoms with Gasteiger partial charge in [0.1, 0.15) is 0 Å². The van der Waals surface area contributed by atoms with Crippen LogP contribution in [0.1, 0.15) is 0 Å². The van der Waals surface area contributed by atoms with Gasteiger partial charge in [-0.3, -0.25) is 0 Å². The van der Waals surface area contributed by atoms with Crippen molar-refractivity contribution in [3.05, 3.63) is 243 Å². The first-order chi connectivity index (χ1) is 39.7. The molecule has 80 heavy (non-hydrogen) atoms. The van der Waals surface area contributed by atoms with Gasteiger partial charge in [-0.05, 0) is 0 Å². The van der Waals surface area contributed by atoms with Crippen molar-refractivity contribution >= 4 is 224 Å². The second kappa shape index (κ2) is 16.6. The Labute approximate surface area is 481 Å². The fourth-order valence-electron chi connectivity index (χ4n) is 14.3. The van der Waals surface area contributed by atoms with Crippen molar-refractivity contribution in [3.8, 4) is 0 Å². The molecule has 0 spiro atoms. The van der Waals surface area contributed by atoms with Gasteiger partial charge in [-0.25, -0.2) is 0 Å². The zero-order valence-corrected chi connectivity index (χ0v) is 47.7. The van der Waals surface area contributed by atoms with Crippen LogP contribution in [0.25, 0.3) is 59.6 Å². The molecule has 0 amide bonds. The van der Waals surface area contributed by atoms with E-state index in [-0.39, 0.29) is 42.4 Å². The molecule has 4 nitrogen and oxygen atoms in total. The van der Waals surface area contributed by atoms with Crippen LogP contribution in [0.5, 0.6) is 0 Å². The Hall–Kier alpha value is -8.29. The van der Waals surface area contributed by atoms with Crippen LogP contribution in [0.2, 0.25) is 0 Å². The number of rotatable bonds is 4. The van der Waals surface area contributed by atoms with E-state index in [2.05, 4.69) is 262 Å². The topological polar surface area (TPSA) is 13.0 Å². The second-order valence-electron chi connectivity index (χ2n) is 21.4. The van der Waals surface area contributed by atoms with Crippen molar-refractivity contribution in [1.82, 2.24) is 0 Å². The predicted octanol–water partition coefficient (Wildman–Crippen LogP) is 15.0. The van der Waals surface area contributed by atoms with Crippen molar-refractivity contribution < 1.29 is 0 Å². The minimum absolute atomic E-state index is 0.0100. The first-order valence-electron chi connectivity index (χ1n) is 27.3. The Morgan fingerprint density at radius 2 is 0.637 bits per heavy atom. The number of nitrogens with zero attached hydrogens (tertiary/aromatic N) is 4. The molecule has 0 aliphatic carbocycles. The number of benzene rings is 11. The Bertz CT molecular complexity index is 4820. The van der Waals surface area contributed by atoms with E-state index in [1.807, 2.05) is 22.7 Å². The molecule has 0 saturated carbocycles. The third-order valence-corrected chi connectivity index (χ3v) is 24.7. The van der Waals surface area contributed by atoms with Crippen LogP contribution in [0, 0.1) is 0 Å². The first-order valence-corrected chi connectivity index (χ1v) is 32.4. The molecule has 15 aromatic rings. The quantitative estimate of drug-likeness (QED) is 0.163. The van der Waals surface area contributed by atoms with Crippen LogP contribution in [0.4, 0.5) is 68.2 Å². The van der Waals surface area contributed by atoms with Gasteiger partial charge in [0.2, 0.25) is 0 Å². The SMILES string of the molecule is c1ccc(N2c3cc4c(cc3B3c5[se]c6ccccc6c5N(c5ccccc5)c5c3c2cc2sc3ccccc3c52)B2c3[se]c5ccccc5c3N(c3ccccc3)c3c2c(cc2sc5ccccc5c32)N4c2ccccc2)cc1. The number of hydrogen-bond donors (Lipinski definition) is 0. The molecule has 0 atom stereocenters. The Kier molecular flexibility index (Phi) is 9.26. The average molecular weight is 1180 g/mol. The maximum absolute atomic E-state index is 2.75. The molecule has 4 aromatic heterocycles. The number of anilines is 12. The summed E-state index contributed by atoms with van der Waals surface area (Å²) in [7, 11) is 0. The molecule has 0 N–H and O–H groups in total. The molecule has 370 valence electrons. The van der Waals surface area contributed by atoms with Gasteiger partial charge in [-0.1, -0.05) is 0 Å². The zero-order valence-electron chi connectivity index (χ0n) is 42.7. The molecule has 0 bridgehead atoms. The van der Waals surface area contributed by atoms with E-state index in [0.717, 1.165) is 11.4 Å². The molecule has 0 fully saturated rings. The average Bonchev–Trinajstić information content (AvgIpc) is 4.42. The summed E-state index contributed by atoms with van der Waals surface area (Å²) < 4.78 is 11.2. The third-order valence-electron chi connectivity index (χ3n) is 17.3. The zero-order chi connectivity index (χ0) is 51.9. The van der Waals surface area contributed by atoms with E-state index in [1.165, 1.54) is 147 Å². The van der Waals surface area contributed by atoms with Crippen LogP contribution in [0.3, 0.4) is 0 Å². The molecule has 10 heteroatoms. The van der Waals surface area contributed by atoms with E-state index >= 15 is 0 Å². The number of thiophene rings is 2. The van der Waals surface area contributed by atoms with Gasteiger partial charge in [-0.2, -0.15) is 0 Å². The summed E-state index contributed by atoms with van der Waals surface area (Å²) in [4.78, 5) is 10.7. The van der Waals surface area contributed by atoms with Crippen LogP contribution in [0.15, 0.2) is 243 Å². The summed E-state index contributed by atoms with van der Waals surface area (Å²) in [6, 6.07) is 92.4. The summed E-state index contributed by atoms with van der Waals surface area (Å²) in [5.41, 5.74) is 20.6. The molecule has 0 saturated heterocycles. The van der Waals surface area contributed by atoms with Gasteiger partial charge in [-0.15, -0.1) is 0 Å². The van der Waals surface area contributed by atoms with E-state index < -0.39 is 0 Å². The Morgan fingerprint density at radius 3 is 1.05 bits per heavy atom. The molecule has 4 aliphatic heterocycles. The monoisotopic (exact) mass is 1180 g/mol. The standard InChI is InChI=1S/C70H40B2N4S2Se2/c1-5-21-41(22-6-1)73-51-38-52-50(37-49(51)71-63-53(73)39-57-61(45-29-13-17-33-55(45)77-57)67(63)75(43-25-9-3-10-26-43)65-47-31-15-19-35-59(47)79-69(65)71)72-64-54(74(52)42-23-7-2-8-24-42)40-58-62(46-30-14-18-34-56(46)78-58)68(64)76(44-27-11-4-12-28-44)66-48-32-16-20-36-60(48)80-70(66)72/h1-40H. The second-order valence-corrected chi connectivity index (χ2v) is 28.1. The van der Waals surface area contributed by atoms with Gasteiger partial charge in [0.15, 0.2) is 0 Å². The van der Waals surface area contributed by atoms with Crippen LogP contribution in [-0.2, 0) is 0 Å². The van der Waals surface area contributed by atoms with Gasteiger partial charge >= 0.3 is 486 Å². The fourth-order valence-corrected chi connectivity index (χ4v) is 22.1. The van der Waals surface area contributed by atoms with Gasteiger partial charge in [0.25, 0.3) is 0 Å². The molecule has 4 aliphatic rings. The number of fused-ring (bicyclic) bond motifs is 20. The minimum atomic E-state index is -0.0100. The molecule has 0 unspecified atom stereocenters. The molecule has 19 rings (SSSR count).